The van der Waals surface area contributed by atoms with Crippen molar-refractivity contribution >= 4 is 17.2 Å². The minimum absolute atomic E-state index is 0.385. The summed E-state index contributed by atoms with van der Waals surface area (Å²) < 4.78 is 6.88. The van der Waals surface area contributed by atoms with Gasteiger partial charge in [-0.05, 0) is 24.3 Å². The fourth-order valence-corrected chi connectivity index (χ4v) is 2.30. The molecule has 0 aliphatic rings. The standard InChI is InChI=1S/C14H10ClN7O/c15-10-1-2-11-18-19-12(22(11)20-10)3-4-13-17-14(21-23-13)9-5-7-16-8-6-9/h1-2,5-8H,3-4H2. The van der Waals surface area contributed by atoms with Gasteiger partial charge in [-0.1, -0.05) is 16.8 Å². The van der Waals surface area contributed by atoms with Gasteiger partial charge in [-0.3, -0.25) is 4.98 Å². The molecule has 0 fully saturated rings. The number of hydrogen-bond acceptors (Lipinski definition) is 7. The minimum atomic E-state index is 0.385. The van der Waals surface area contributed by atoms with Crippen molar-refractivity contribution in [3.63, 3.8) is 0 Å². The van der Waals surface area contributed by atoms with Gasteiger partial charge in [0.25, 0.3) is 0 Å². The molecule has 0 atom stereocenters. The quantitative estimate of drug-likeness (QED) is 0.565. The molecule has 0 aliphatic heterocycles. The van der Waals surface area contributed by atoms with E-state index in [1.807, 2.05) is 12.1 Å². The number of aryl methyl sites for hydroxylation is 2. The van der Waals surface area contributed by atoms with Crippen molar-refractivity contribution in [1.29, 1.82) is 0 Å². The SMILES string of the molecule is Clc1ccc2nnc(CCc3nc(-c4ccncc4)no3)n2n1. The van der Waals surface area contributed by atoms with Gasteiger partial charge < -0.3 is 4.52 Å². The van der Waals surface area contributed by atoms with Crippen molar-refractivity contribution < 1.29 is 4.52 Å². The molecule has 0 aliphatic carbocycles. The second-order valence-corrected chi connectivity index (χ2v) is 5.18. The molecule has 0 unspecified atom stereocenters. The average Bonchev–Trinajstić information content (AvgIpc) is 3.20. The molecule has 0 radical (unpaired) electrons. The van der Waals surface area contributed by atoms with Gasteiger partial charge in [0.15, 0.2) is 11.5 Å². The van der Waals surface area contributed by atoms with E-state index in [-0.39, 0.29) is 0 Å². The lowest BCUT2D eigenvalue weighted by atomic mass is 10.2. The van der Waals surface area contributed by atoms with Gasteiger partial charge in [-0.25, -0.2) is 0 Å². The van der Waals surface area contributed by atoms with E-state index in [1.54, 1.807) is 29.0 Å². The number of hydrogen-bond donors (Lipinski definition) is 0. The Morgan fingerprint density at radius 2 is 1.91 bits per heavy atom. The van der Waals surface area contributed by atoms with Crippen LogP contribution in [0.15, 0.2) is 41.2 Å². The molecule has 4 aromatic heterocycles. The van der Waals surface area contributed by atoms with Gasteiger partial charge in [0.05, 0.1) is 0 Å². The maximum absolute atomic E-state index is 5.90. The van der Waals surface area contributed by atoms with Crippen LogP contribution in [0.4, 0.5) is 0 Å². The lowest BCUT2D eigenvalue weighted by molar-refractivity contribution is 0.377. The monoisotopic (exact) mass is 327 g/mol. The highest BCUT2D eigenvalue weighted by Gasteiger charge is 2.12. The first-order chi connectivity index (χ1) is 11.3. The molecular formula is C14H10ClN7O. The predicted octanol–water partition coefficient (Wildman–Crippen LogP) is 2.01. The van der Waals surface area contributed by atoms with E-state index < -0.39 is 0 Å². The molecule has 0 N–H and O–H groups in total. The van der Waals surface area contributed by atoms with E-state index >= 15 is 0 Å². The van der Waals surface area contributed by atoms with Crippen LogP contribution in [0.1, 0.15) is 11.7 Å². The maximum atomic E-state index is 5.90. The molecule has 8 nitrogen and oxygen atoms in total. The molecule has 0 saturated heterocycles. The molecule has 0 aromatic carbocycles. The second kappa shape index (κ2) is 5.73. The van der Waals surface area contributed by atoms with E-state index in [1.165, 1.54) is 0 Å². The van der Waals surface area contributed by atoms with Gasteiger partial charge in [0.2, 0.25) is 11.7 Å². The van der Waals surface area contributed by atoms with E-state index in [0.717, 1.165) is 5.56 Å². The minimum Gasteiger partial charge on any atom is -0.339 e. The molecule has 0 amide bonds. The maximum Gasteiger partial charge on any atom is 0.227 e. The van der Waals surface area contributed by atoms with Crippen LogP contribution < -0.4 is 0 Å². The lowest BCUT2D eigenvalue weighted by Gasteiger charge is -1.97. The third-order valence-electron chi connectivity index (χ3n) is 3.26. The van der Waals surface area contributed by atoms with Crippen LogP contribution in [0, 0.1) is 0 Å². The fourth-order valence-electron chi connectivity index (χ4n) is 2.16. The third-order valence-corrected chi connectivity index (χ3v) is 3.47. The van der Waals surface area contributed by atoms with Crippen LogP contribution in [-0.4, -0.2) is 34.9 Å². The largest absolute Gasteiger partial charge is 0.339 e. The van der Waals surface area contributed by atoms with Crippen molar-refractivity contribution in [2.75, 3.05) is 0 Å². The van der Waals surface area contributed by atoms with Crippen LogP contribution in [0.5, 0.6) is 0 Å². The molecule has 9 heteroatoms. The Hall–Kier alpha value is -2.87. The number of fused-ring (bicyclic) bond motifs is 1. The Balaban J connectivity index is 1.53. The zero-order valence-electron chi connectivity index (χ0n) is 11.8. The van der Waals surface area contributed by atoms with E-state index in [0.29, 0.717) is 41.2 Å². The summed E-state index contributed by atoms with van der Waals surface area (Å²) in [7, 11) is 0. The van der Waals surface area contributed by atoms with Crippen LogP contribution in [0.2, 0.25) is 5.15 Å². The van der Waals surface area contributed by atoms with Gasteiger partial charge in [0, 0.05) is 30.8 Å². The third kappa shape index (κ3) is 2.76. The highest BCUT2D eigenvalue weighted by molar-refractivity contribution is 6.29. The Kier molecular flexibility index (Phi) is 3.43. The van der Waals surface area contributed by atoms with Crippen molar-refractivity contribution in [1.82, 2.24) is 34.9 Å². The molecule has 0 spiro atoms. The van der Waals surface area contributed by atoms with Crippen molar-refractivity contribution in [2.45, 2.75) is 12.8 Å². The van der Waals surface area contributed by atoms with Crippen LogP contribution in [0.3, 0.4) is 0 Å². The number of halogens is 1. The first kappa shape index (κ1) is 13.8. The Bertz CT molecular complexity index is 950. The first-order valence-corrected chi connectivity index (χ1v) is 7.27. The van der Waals surface area contributed by atoms with Crippen molar-refractivity contribution in [3.05, 3.63) is 53.5 Å². The molecule has 0 saturated carbocycles. The summed E-state index contributed by atoms with van der Waals surface area (Å²) in [6.07, 6.45) is 4.46. The number of pyridine rings is 1. The Morgan fingerprint density at radius 3 is 2.78 bits per heavy atom. The predicted molar refractivity (Wildman–Crippen MR) is 80.7 cm³/mol. The molecule has 23 heavy (non-hydrogen) atoms. The normalized spacial score (nSPS) is 11.2. The smallest absolute Gasteiger partial charge is 0.227 e. The number of rotatable bonds is 4. The van der Waals surface area contributed by atoms with Crippen LogP contribution >= 0.6 is 11.6 Å². The van der Waals surface area contributed by atoms with Crippen LogP contribution in [0.25, 0.3) is 17.0 Å². The van der Waals surface area contributed by atoms with E-state index in [4.69, 9.17) is 16.1 Å². The highest BCUT2D eigenvalue weighted by Crippen LogP contribution is 2.15. The summed E-state index contributed by atoms with van der Waals surface area (Å²) in [6, 6.07) is 7.09. The summed E-state index contributed by atoms with van der Waals surface area (Å²) in [5, 5.41) is 16.7. The van der Waals surface area contributed by atoms with E-state index in [2.05, 4.69) is 30.4 Å². The highest BCUT2D eigenvalue weighted by atomic mass is 35.5. The first-order valence-electron chi connectivity index (χ1n) is 6.89. The Labute approximate surface area is 135 Å². The zero-order valence-corrected chi connectivity index (χ0v) is 12.6. The zero-order chi connectivity index (χ0) is 15.6. The van der Waals surface area contributed by atoms with Gasteiger partial charge in [0.1, 0.15) is 5.15 Å². The van der Waals surface area contributed by atoms with Gasteiger partial charge in [-0.2, -0.15) is 14.6 Å². The van der Waals surface area contributed by atoms with Gasteiger partial charge in [-0.15, -0.1) is 10.2 Å². The second-order valence-electron chi connectivity index (χ2n) is 4.79. The number of aromatic nitrogens is 7. The number of nitrogens with zero attached hydrogens (tertiary/aromatic N) is 7. The van der Waals surface area contributed by atoms with E-state index in [9.17, 15) is 0 Å². The average molecular weight is 328 g/mol. The summed E-state index contributed by atoms with van der Waals surface area (Å²) in [6.45, 7) is 0. The topological polar surface area (TPSA) is 94.9 Å². The molecule has 114 valence electrons. The van der Waals surface area contributed by atoms with Crippen LogP contribution in [-0.2, 0) is 12.8 Å². The van der Waals surface area contributed by atoms with Crippen molar-refractivity contribution in [2.24, 2.45) is 0 Å². The molecule has 4 heterocycles. The summed E-state index contributed by atoms with van der Waals surface area (Å²) in [4.78, 5) is 8.33. The summed E-state index contributed by atoms with van der Waals surface area (Å²) >= 11 is 5.90. The van der Waals surface area contributed by atoms with Crippen molar-refractivity contribution in [3.8, 4) is 11.4 Å². The molecular weight excluding hydrogens is 318 g/mol. The van der Waals surface area contributed by atoms with Gasteiger partial charge >= 0.3 is 0 Å². The Morgan fingerprint density at radius 1 is 1.04 bits per heavy atom. The lowest BCUT2D eigenvalue weighted by Crippen LogP contribution is -2.01. The summed E-state index contributed by atoms with van der Waals surface area (Å²) in [5.41, 5.74) is 1.50. The molecule has 4 aromatic rings. The molecule has 4 rings (SSSR count). The fraction of sp³-hybridized carbons (Fsp3) is 0.143. The summed E-state index contributed by atoms with van der Waals surface area (Å²) in [5.74, 6) is 1.75. The molecule has 0 bridgehead atoms.